The van der Waals surface area contributed by atoms with Crippen molar-refractivity contribution < 1.29 is 4.42 Å². The molecule has 0 spiro atoms. The molecule has 0 aliphatic heterocycles. The van der Waals surface area contributed by atoms with Crippen molar-refractivity contribution in [3.8, 4) is 6.07 Å². The Bertz CT molecular complexity index is 895. The van der Waals surface area contributed by atoms with Crippen molar-refractivity contribution in [2.75, 3.05) is 12.4 Å². The lowest BCUT2D eigenvalue weighted by Gasteiger charge is -2.04. The van der Waals surface area contributed by atoms with Gasteiger partial charge in [-0.1, -0.05) is 6.92 Å². The number of aryl methyl sites for hydroxylation is 1. The predicted molar refractivity (Wildman–Crippen MR) is 94.0 cm³/mol. The van der Waals surface area contributed by atoms with Crippen molar-refractivity contribution in [3.05, 3.63) is 33.1 Å². The molecule has 6 nitrogen and oxygen atoms in total. The van der Waals surface area contributed by atoms with E-state index in [1.165, 1.54) is 4.88 Å². The number of nitriles is 1. The van der Waals surface area contributed by atoms with Gasteiger partial charge in [-0.05, 0) is 29.4 Å². The van der Waals surface area contributed by atoms with Crippen molar-refractivity contribution in [1.82, 2.24) is 15.3 Å². The number of furan rings is 1. The third-order valence-electron chi connectivity index (χ3n) is 3.30. The van der Waals surface area contributed by atoms with Gasteiger partial charge in [0, 0.05) is 22.9 Å². The first-order chi connectivity index (χ1) is 11.2. The lowest BCUT2D eigenvalue weighted by Crippen LogP contribution is -2.05. The topological polar surface area (TPSA) is 86.8 Å². The van der Waals surface area contributed by atoms with Crippen molar-refractivity contribution >= 4 is 49.2 Å². The Balaban J connectivity index is 1.95. The number of hydrogen-bond acceptors (Lipinski definition) is 7. The van der Waals surface area contributed by atoms with Gasteiger partial charge >= 0.3 is 0 Å². The van der Waals surface area contributed by atoms with Crippen LogP contribution in [-0.2, 0) is 13.0 Å². The highest BCUT2D eigenvalue weighted by Gasteiger charge is 2.14. The first-order valence-electron chi connectivity index (χ1n) is 7.04. The van der Waals surface area contributed by atoms with Crippen LogP contribution in [0.25, 0.3) is 11.0 Å². The molecule has 0 aliphatic carbocycles. The van der Waals surface area contributed by atoms with Gasteiger partial charge in [0.15, 0.2) is 10.7 Å². The maximum Gasteiger partial charge on any atom is 0.204 e. The monoisotopic (exact) mass is 391 g/mol. The number of rotatable bonds is 5. The summed E-state index contributed by atoms with van der Waals surface area (Å²) in [5.41, 5.74) is 1.65. The van der Waals surface area contributed by atoms with Crippen LogP contribution in [0.3, 0.4) is 0 Å². The second-order valence-corrected chi connectivity index (χ2v) is 6.70. The molecule has 0 amide bonds. The summed E-state index contributed by atoms with van der Waals surface area (Å²) in [7, 11) is 1.92. The van der Waals surface area contributed by atoms with Crippen LogP contribution in [-0.4, -0.2) is 17.0 Å². The fourth-order valence-electron chi connectivity index (χ4n) is 2.24. The zero-order valence-corrected chi connectivity index (χ0v) is 15.0. The number of pyridine rings is 1. The van der Waals surface area contributed by atoms with E-state index in [2.05, 4.69) is 43.5 Å². The number of halogens is 1. The minimum Gasteiger partial charge on any atom is -0.444 e. The van der Waals surface area contributed by atoms with Crippen molar-refractivity contribution in [3.63, 3.8) is 0 Å². The molecular formula is C15H14BrN5OS. The summed E-state index contributed by atoms with van der Waals surface area (Å²) >= 11 is 5.13. The van der Waals surface area contributed by atoms with E-state index < -0.39 is 0 Å². The molecule has 0 aromatic carbocycles. The lowest BCUT2D eigenvalue weighted by molar-refractivity contribution is 0.598. The second-order valence-electron chi connectivity index (χ2n) is 4.82. The number of anilines is 2. The van der Waals surface area contributed by atoms with Gasteiger partial charge < -0.3 is 15.1 Å². The second kappa shape index (κ2) is 6.66. The molecule has 23 heavy (non-hydrogen) atoms. The summed E-state index contributed by atoms with van der Waals surface area (Å²) < 4.78 is 6.13. The molecule has 118 valence electrons. The predicted octanol–water partition coefficient (Wildman–Crippen LogP) is 3.94. The van der Waals surface area contributed by atoms with Gasteiger partial charge in [0.1, 0.15) is 11.9 Å². The van der Waals surface area contributed by atoms with E-state index in [4.69, 9.17) is 9.68 Å². The first kappa shape index (κ1) is 15.9. The van der Waals surface area contributed by atoms with Gasteiger partial charge in [-0.2, -0.15) is 5.26 Å². The molecule has 0 saturated carbocycles. The van der Waals surface area contributed by atoms with Crippen LogP contribution < -0.4 is 10.6 Å². The molecule has 0 aliphatic rings. The average molecular weight is 392 g/mol. The van der Waals surface area contributed by atoms with Crippen LogP contribution in [0.4, 0.5) is 10.9 Å². The third-order valence-corrected chi connectivity index (χ3v) is 5.12. The Morgan fingerprint density at radius 3 is 3.00 bits per heavy atom. The molecule has 0 unspecified atom stereocenters. The van der Waals surface area contributed by atoms with Crippen LogP contribution >= 0.6 is 27.3 Å². The molecule has 3 heterocycles. The highest BCUT2D eigenvalue weighted by molar-refractivity contribution is 9.10. The van der Waals surface area contributed by atoms with Gasteiger partial charge in [-0.3, -0.25) is 0 Å². The number of fused-ring (bicyclic) bond motifs is 1. The fraction of sp³-hybridized carbons (Fsp3) is 0.267. The minimum absolute atomic E-state index is 0.262. The number of nitrogens with zero attached hydrogens (tertiary/aromatic N) is 3. The van der Waals surface area contributed by atoms with Gasteiger partial charge in [-0.25, -0.2) is 9.97 Å². The average Bonchev–Trinajstić information content (AvgIpc) is 3.14. The Kier molecular flexibility index (Phi) is 4.61. The van der Waals surface area contributed by atoms with Gasteiger partial charge in [0.25, 0.3) is 0 Å². The summed E-state index contributed by atoms with van der Waals surface area (Å²) in [6.45, 7) is 2.89. The Morgan fingerprint density at radius 1 is 1.48 bits per heavy atom. The highest BCUT2D eigenvalue weighted by atomic mass is 79.9. The summed E-state index contributed by atoms with van der Waals surface area (Å²) in [5.74, 6) is 0.911. The van der Waals surface area contributed by atoms with Crippen molar-refractivity contribution in [1.29, 1.82) is 5.26 Å². The Hall–Kier alpha value is -1.95. The lowest BCUT2D eigenvalue weighted by atomic mass is 10.3. The Labute approximate surface area is 145 Å². The molecule has 0 radical (unpaired) electrons. The smallest absolute Gasteiger partial charge is 0.204 e. The fourth-order valence-corrected chi connectivity index (χ4v) is 3.81. The number of hydrogen-bond donors (Lipinski definition) is 2. The van der Waals surface area contributed by atoms with E-state index in [0.717, 1.165) is 33.7 Å². The summed E-state index contributed by atoms with van der Waals surface area (Å²) in [6.07, 6.45) is 2.49. The minimum atomic E-state index is 0.262. The van der Waals surface area contributed by atoms with Crippen LogP contribution in [0, 0.1) is 11.3 Å². The standard InChI is InChI=1S/C15H14BrN5OS/c1-3-10-12(7-18-2)23-15(20-10)21-14-13(16)9-4-8(5-17)22-11(9)6-19-14/h4,6,18H,3,7H2,1-2H3,(H,19,20,21). The normalized spacial score (nSPS) is 10.9. The van der Waals surface area contributed by atoms with Crippen molar-refractivity contribution in [2.24, 2.45) is 0 Å². The van der Waals surface area contributed by atoms with E-state index in [1.54, 1.807) is 23.6 Å². The highest BCUT2D eigenvalue weighted by Crippen LogP contribution is 2.34. The molecular weight excluding hydrogens is 378 g/mol. The van der Waals surface area contributed by atoms with Crippen LogP contribution in [0.2, 0.25) is 0 Å². The first-order valence-corrected chi connectivity index (χ1v) is 8.65. The molecule has 0 bridgehead atoms. The number of nitrogens with one attached hydrogen (secondary N) is 2. The maximum atomic E-state index is 8.94. The molecule has 0 fully saturated rings. The van der Waals surface area contributed by atoms with Gasteiger partial charge in [0.2, 0.25) is 5.76 Å². The van der Waals surface area contributed by atoms with E-state index in [-0.39, 0.29) is 5.76 Å². The van der Waals surface area contributed by atoms with Gasteiger partial charge in [0.05, 0.1) is 16.4 Å². The SMILES string of the molecule is CCc1nc(Nc2ncc3oc(C#N)cc3c2Br)sc1CNC. The van der Waals surface area contributed by atoms with Crippen LogP contribution in [0.5, 0.6) is 0 Å². The van der Waals surface area contributed by atoms with E-state index in [9.17, 15) is 0 Å². The summed E-state index contributed by atoms with van der Waals surface area (Å²) in [4.78, 5) is 10.2. The zero-order chi connectivity index (χ0) is 16.4. The Morgan fingerprint density at radius 2 is 2.30 bits per heavy atom. The molecule has 0 atom stereocenters. The third kappa shape index (κ3) is 3.08. The molecule has 8 heteroatoms. The quantitative estimate of drug-likeness (QED) is 0.684. The van der Waals surface area contributed by atoms with Crippen molar-refractivity contribution in [2.45, 2.75) is 19.9 Å². The largest absolute Gasteiger partial charge is 0.444 e. The van der Waals surface area contributed by atoms with E-state index in [0.29, 0.717) is 11.4 Å². The molecule has 3 aromatic heterocycles. The summed E-state index contributed by atoms with van der Waals surface area (Å²) in [5, 5.41) is 16.9. The van der Waals surface area contributed by atoms with E-state index >= 15 is 0 Å². The van der Waals surface area contributed by atoms with Gasteiger partial charge in [-0.15, -0.1) is 11.3 Å². The maximum absolute atomic E-state index is 8.94. The van der Waals surface area contributed by atoms with Crippen LogP contribution in [0.15, 0.2) is 21.2 Å². The molecule has 2 N–H and O–H groups in total. The number of thiazole rings is 1. The zero-order valence-electron chi connectivity index (χ0n) is 12.6. The van der Waals surface area contributed by atoms with Crippen LogP contribution in [0.1, 0.15) is 23.3 Å². The molecule has 3 rings (SSSR count). The summed E-state index contributed by atoms with van der Waals surface area (Å²) in [6, 6.07) is 3.68. The number of aromatic nitrogens is 2. The molecule has 0 saturated heterocycles. The molecule has 3 aromatic rings. The van der Waals surface area contributed by atoms with E-state index in [1.807, 2.05) is 13.1 Å².